The lowest BCUT2D eigenvalue weighted by molar-refractivity contribution is 0.0526. The fourth-order valence-electron chi connectivity index (χ4n) is 2.04. The van der Waals surface area contributed by atoms with E-state index in [-0.39, 0.29) is 12.5 Å². The van der Waals surface area contributed by atoms with Gasteiger partial charge in [-0.3, -0.25) is 4.79 Å². The van der Waals surface area contributed by atoms with Crippen molar-refractivity contribution in [2.45, 2.75) is 23.2 Å². The highest BCUT2D eigenvalue weighted by Gasteiger charge is 2.23. The first-order valence-corrected chi connectivity index (χ1v) is 7.87. The van der Waals surface area contributed by atoms with Crippen LogP contribution in [0.15, 0.2) is 59.5 Å². The van der Waals surface area contributed by atoms with Crippen LogP contribution >= 0.6 is 11.8 Å². The summed E-state index contributed by atoms with van der Waals surface area (Å²) in [7, 11) is 0. The van der Waals surface area contributed by atoms with Crippen LogP contribution < -0.4 is 5.32 Å². The van der Waals surface area contributed by atoms with E-state index >= 15 is 0 Å². The van der Waals surface area contributed by atoms with Crippen LogP contribution in [0.1, 0.15) is 22.8 Å². The minimum Gasteiger partial charge on any atom is -0.384 e. The highest BCUT2D eigenvalue weighted by Crippen LogP contribution is 2.25. The molecule has 1 unspecified atom stereocenters. The SMILES string of the molecule is CC(O)(CNC(=O)c1ccc(SC(F)F)cc1)c1ccccc1. The van der Waals surface area contributed by atoms with Gasteiger partial charge in [0.25, 0.3) is 11.7 Å². The average Bonchev–Trinajstić information content (AvgIpc) is 2.54. The molecule has 2 rings (SSSR count). The van der Waals surface area contributed by atoms with Crippen molar-refractivity contribution in [1.82, 2.24) is 5.32 Å². The molecule has 0 saturated heterocycles. The summed E-state index contributed by atoms with van der Waals surface area (Å²) in [6.45, 7) is 1.66. The molecule has 2 aromatic rings. The van der Waals surface area contributed by atoms with Crippen molar-refractivity contribution in [3.63, 3.8) is 0 Å². The number of carbonyl (C=O) groups is 1. The highest BCUT2D eigenvalue weighted by molar-refractivity contribution is 7.99. The molecule has 0 radical (unpaired) electrons. The van der Waals surface area contributed by atoms with Gasteiger partial charge in [-0.2, -0.15) is 8.78 Å². The number of amides is 1. The van der Waals surface area contributed by atoms with Crippen molar-refractivity contribution >= 4 is 17.7 Å². The molecule has 0 fully saturated rings. The Hall–Kier alpha value is -1.92. The summed E-state index contributed by atoms with van der Waals surface area (Å²) in [5, 5.41) is 13.1. The average molecular weight is 337 g/mol. The predicted octanol–water partition coefficient (Wildman–Crippen LogP) is 3.64. The number of benzene rings is 2. The molecule has 0 aliphatic carbocycles. The van der Waals surface area contributed by atoms with E-state index in [1.54, 1.807) is 19.1 Å². The van der Waals surface area contributed by atoms with E-state index in [0.717, 1.165) is 0 Å². The number of rotatable bonds is 6. The first kappa shape index (κ1) is 17.4. The molecule has 0 aromatic heterocycles. The Balaban J connectivity index is 1.96. The molecule has 0 saturated carbocycles. The van der Waals surface area contributed by atoms with Crippen molar-refractivity contribution in [3.8, 4) is 0 Å². The molecule has 2 N–H and O–H groups in total. The van der Waals surface area contributed by atoms with E-state index in [4.69, 9.17) is 0 Å². The lowest BCUT2D eigenvalue weighted by Gasteiger charge is -2.24. The predicted molar refractivity (Wildman–Crippen MR) is 86.6 cm³/mol. The van der Waals surface area contributed by atoms with E-state index in [1.807, 2.05) is 18.2 Å². The zero-order valence-corrected chi connectivity index (χ0v) is 13.3. The summed E-state index contributed by atoms with van der Waals surface area (Å²) in [6.07, 6.45) is 0. The second kappa shape index (κ2) is 7.57. The number of hydrogen-bond acceptors (Lipinski definition) is 3. The van der Waals surface area contributed by atoms with Crippen LogP contribution in [0.25, 0.3) is 0 Å². The number of alkyl halides is 2. The van der Waals surface area contributed by atoms with Gasteiger partial charge in [0.2, 0.25) is 0 Å². The van der Waals surface area contributed by atoms with Crippen LogP contribution in [0.5, 0.6) is 0 Å². The summed E-state index contributed by atoms with van der Waals surface area (Å²) in [4.78, 5) is 12.5. The van der Waals surface area contributed by atoms with Gasteiger partial charge < -0.3 is 10.4 Å². The summed E-state index contributed by atoms with van der Waals surface area (Å²) >= 11 is 0.429. The van der Waals surface area contributed by atoms with Gasteiger partial charge in [-0.15, -0.1) is 0 Å². The van der Waals surface area contributed by atoms with Gasteiger partial charge in [0.05, 0.1) is 6.54 Å². The fourth-order valence-corrected chi connectivity index (χ4v) is 2.54. The number of carbonyl (C=O) groups excluding carboxylic acids is 1. The summed E-state index contributed by atoms with van der Waals surface area (Å²) in [5.41, 5.74) is -0.140. The molecule has 23 heavy (non-hydrogen) atoms. The molecule has 0 aliphatic rings. The van der Waals surface area contributed by atoms with Gasteiger partial charge >= 0.3 is 0 Å². The first-order chi connectivity index (χ1) is 10.9. The lowest BCUT2D eigenvalue weighted by Crippen LogP contribution is -2.38. The minimum absolute atomic E-state index is 0.0450. The summed E-state index contributed by atoms with van der Waals surface area (Å²) in [5.74, 6) is -2.86. The van der Waals surface area contributed by atoms with Crippen molar-refractivity contribution < 1.29 is 18.7 Å². The normalized spacial score (nSPS) is 13.6. The Morgan fingerprint density at radius 3 is 2.35 bits per heavy atom. The first-order valence-electron chi connectivity index (χ1n) is 6.99. The Morgan fingerprint density at radius 1 is 1.17 bits per heavy atom. The molecule has 2 aromatic carbocycles. The van der Waals surface area contributed by atoms with Crippen molar-refractivity contribution in [1.29, 1.82) is 0 Å². The number of halogens is 2. The topological polar surface area (TPSA) is 49.3 Å². The third kappa shape index (κ3) is 5.04. The third-order valence-corrected chi connectivity index (χ3v) is 4.05. The molecular weight excluding hydrogens is 320 g/mol. The van der Waals surface area contributed by atoms with E-state index in [1.165, 1.54) is 24.3 Å². The molecule has 0 bridgehead atoms. The van der Waals surface area contributed by atoms with Crippen LogP contribution in [-0.4, -0.2) is 23.3 Å². The lowest BCUT2D eigenvalue weighted by atomic mass is 9.96. The third-order valence-electron chi connectivity index (χ3n) is 3.33. The molecule has 3 nitrogen and oxygen atoms in total. The van der Waals surface area contributed by atoms with Gasteiger partial charge in [-0.05, 0) is 36.8 Å². The molecule has 0 heterocycles. The summed E-state index contributed by atoms with van der Waals surface area (Å²) < 4.78 is 24.5. The minimum atomic E-state index is -2.49. The second-order valence-corrected chi connectivity index (χ2v) is 6.29. The Labute approximate surface area is 137 Å². The highest BCUT2D eigenvalue weighted by atomic mass is 32.2. The zero-order chi connectivity index (χ0) is 16.9. The van der Waals surface area contributed by atoms with E-state index in [0.29, 0.717) is 27.8 Å². The monoisotopic (exact) mass is 337 g/mol. The maximum atomic E-state index is 12.2. The van der Waals surface area contributed by atoms with Crippen LogP contribution in [0, 0.1) is 0 Å². The zero-order valence-electron chi connectivity index (χ0n) is 12.5. The Morgan fingerprint density at radius 2 is 1.78 bits per heavy atom. The number of aliphatic hydroxyl groups is 1. The summed E-state index contributed by atoms with van der Waals surface area (Å²) in [6, 6.07) is 14.9. The van der Waals surface area contributed by atoms with Crippen molar-refractivity contribution in [2.24, 2.45) is 0 Å². The molecule has 0 aliphatic heterocycles. The van der Waals surface area contributed by atoms with Gasteiger partial charge in [0.1, 0.15) is 5.60 Å². The van der Waals surface area contributed by atoms with E-state index < -0.39 is 11.4 Å². The quantitative estimate of drug-likeness (QED) is 0.791. The smallest absolute Gasteiger partial charge is 0.288 e. The molecule has 6 heteroatoms. The molecule has 0 spiro atoms. The van der Waals surface area contributed by atoms with Crippen LogP contribution in [-0.2, 0) is 5.60 Å². The number of hydrogen-bond donors (Lipinski definition) is 2. The van der Waals surface area contributed by atoms with E-state index in [2.05, 4.69) is 5.32 Å². The largest absolute Gasteiger partial charge is 0.384 e. The number of nitrogens with one attached hydrogen (secondary N) is 1. The van der Waals surface area contributed by atoms with Crippen LogP contribution in [0.3, 0.4) is 0 Å². The van der Waals surface area contributed by atoms with Gasteiger partial charge in [0.15, 0.2) is 0 Å². The van der Waals surface area contributed by atoms with Crippen LogP contribution in [0.2, 0.25) is 0 Å². The molecule has 122 valence electrons. The number of thioether (sulfide) groups is 1. The van der Waals surface area contributed by atoms with Gasteiger partial charge in [0, 0.05) is 10.5 Å². The molecular formula is C17H17F2NO2S. The van der Waals surface area contributed by atoms with Crippen molar-refractivity contribution in [2.75, 3.05) is 6.54 Å². The molecule has 1 amide bonds. The van der Waals surface area contributed by atoms with Crippen LogP contribution in [0.4, 0.5) is 8.78 Å². The second-order valence-electron chi connectivity index (χ2n) is 5.23. The van der Waals surface area contributed by atoms with Gasteiger partial charge in [-0.25, -0.2) is 0 Å². The maximum absolute atomic E-state index is 12.2. The van der Waals surface area contributed by atoms with E-state index in [9.17, 15) is 18.7 Å². The van der Waals surface area contributed by atoms with Crippen molar-refractivity contribution in [3.05, 3.63) is 65.7 Å². The van der Waals surface area contributed by atoms with Gasteiger partial charge in [-0.1, -0.05) is 42.1 Å². The maximum Gasteiger partial charge on any atom is 0.288 e. The Bertz CT molecular complexity index is 645. The molecule has 1 atom stereocenters. The standard InChI is InChI=1S/C17H17F2NO2S/c1-17(22,13-5-3-2-4-6-13)11-20-15(21)12-7-9-14(10-8-12)23-16(18)19/h2-10,16,22H,11H2,1H3,(H,20,21). The Kier molecular flexibility index (Phi) is 5.74. The fraction of sp³-hybridized carbons (Fsp3) is 0.235.